The molecule has 0 saturated carbocycles. The van der Waals surface area contributed by atoms with Gasteiger partial charge in [-0.05, 0) is 35.7 Å². The predicted octanol–water partition coefficient (Wildman–Crippen LogP) is 3.96. The first-order valence-corrected chi connectivity index (χ1v) is 11.8. The number of amides is 1. The molecule has 0 bridgehead atoms. The Morgan fingerprint density at radius 3 is 2.52 bits per heavy atom. The van der Waals surface area contributed by atoms with Crippen molar-refractivity contribution >= 4 is 39.7 Å². The third kappa shape index (κ3) is 4.47. The van der Waals surface area contributed by atoms with Crippen molar-refractivity contribution in [1.29, 1.82) is 0 Å². The van der Waals surface area contributed by atoms with E-state index in [9.17, 15) is 4.79 Å². The van der Waals surface area contributed by atoms with Crippen LogP contribution in [0.1, 0.15) is 15.5 Å². The molecule has 168 valence electrons. The van der Waals surface area contributed by atoms with Gasteiger partial charge in [0.15, 0.2) is 5.82 Å². The fourth-order valence-electron chi connectivity index (χ4n) is 4.13. The summed E-state index contributed by atoms with van der Waals surface area (Å²) >= 11 is 1.42. The molecular formula is C25H25N5O2S. The molecule has 0 unspecified atom stereocenters. The number of hydrogen-bond acceptors (Lipinski definition) is 7. The van der Waals surface area contributed by atoms with Crippen LogP contribution in [0.25, 0.3) is 10.9 Å². The van der Waals surface area contributed by atoms with Crippen LogP contribution >= 0.6 is 11.3 Å². The van der Waals surface area contributed by atoms with Gasteiger partial charge in [0.25, 0.3) is 5.91 Å². The van der Waals surface area contributed by atoms with Gasteiger partial charge in [-0.15, -0.1) is 11.3 Å². The lowest BCUT2D eigenvalue weighted by Gasteiger charge is -2.37. The van der Waals surface area contributed by atoms with Crippen LogP contribution in [0, 0.1) is 0 Å². The number of nitrogens with one attached hydrogen (secondary N) is 1. The molecule has 0 spiro atoms. The predicted molar refractivity (Wildman–Crippen MR) is 132 cm³/mol. The number of anilines is 2. The maximum absolute atomic E-state index is 12.4. The lowest BCUT2D eigenvalue weighted by Crippen LogP contribution is -2.47. The first-order valence-electron chi connectivity index (χ1n) is 10.9. The van der Waals surface area contributed by atoms with Gasteiger partial charge in [-0.25, -0.2) is 9.97 Å². The third-order valence-corrected chi connectivity index (χ3v) is 6.66. The molecule has 0 radical (unpaired) electrons. The van der Waals surface area contributed by atoms with E-state index in [1.165, 1.54) is 11.3 Å². The van der Waals surface area contributed by atoms with E-state index >= 15 is 0 Å². The van der Waals surface area contributed by atoms with E-state index in [-0.39, 0.29) is 12.5 Å². The van der Waals surface area contributed by atoms with E-state index in [2.05, 4.69) is 27.2 Å². The van der Waals surface area contributed by atoms with Crippen LogP contribution in [-0.4, -0.2) is 49.2 Å². The summed E-state index contributed by atoms with van der Waals surface area (Å²) in [6, 6.07) is 19.9. The second kappa shape index (κ2) is 9.46. The van der Waals surface area contributed by atoms with E-state index in [4.69, 9.17) is 14.7 Å². The maximum Gasteiger partial charge on any atom is 0.261 e. The summed E-state index contributed by atoms with van der Waals surface area (Å²) in [5.74, 6) is 2.32. The highest BCUT2D eigenvalue weighted by atomic mass is 32.1. The highest BCUT2D eigenvalue weighted by molar-refractivity contribution is 7.12. The molecule has 0 atom stereocenters. The Labute approximate surface area is 196 Å². The summed E-state index contributed by atoms with van der Waals surface area (Å²) in [5, 5.41) is 5.86. The number of aromatic nitrogens is 2. The molecule has 1 fully saturated rings. The first kappa shape index (κ1) is 21.2. The zero-order valence-corrected chi connectivity index (χ0v) is 19.2. The quantitative estimate of drug-likeness (QED) is 0.471. The number of hydrogen-bond donors (Lipinski definition) is 1. The summed E-state index contributed by atoms with van der Waals surface area (Å²) in [6.45, 7) is 3.68. The Kier molecular flexibility index (Phi) is 6.08. The number of para-hydroxylation sites is 3. The van der Waals surface area contributed by atoms with E-state index in [0.29, 0.717) is 10.7 Å². The molecule has 8 heteroatoms. The SMILES string of the molecule is COc1ccccc1N1CCN(c2nc(CNC(=O)c3cccs3)nc3ccccc23)CC1. The normalized spacial score (nSPS) is 13.8. The number of benzene rings is 2. The van der Waals surface area contributed by atoms with Gasteiger partial charge in [-0.2, -0.15) is 0 Å². The number of fused-ring (bicyclic) bond motifs is 1. The molecular weight excluding hydrogens is 434 g/mol. The Morgan fingerprint density at radius 2 is 1.73 bits per heavy atom. The number of carbonyl (C=O) groups is 1. The Morgan fingerprint density at radius 1 is 0.970 bits per heavy atom. The Hall–Kier alpha value is -3.65. The molecule has 1 amide bonds. The number of ether oxygens (including phenoxy) is 1. The topological polar surface area (TPSA) is 70.6 Å². The minimum absolute atomic E-state index is 0.103. The molecule has 1 aliphatic heterocycles. The lowest BCUT2D eigenvalue weighted by atomic mass is 10.2. The van der Waals surface area contributed by atoms with Gasteiger partial charge in [-0.3, -0.25) is 4.79 Å². The highest BCUT2D eigenvalue weighted by Crippen LogP contribution is 2.30. The molecule has 5 rings (SSSR count). The van der Waals surface area contributed by atoms with Crippen LogP contribution in [0.2, 0.25) is 0 Å². The zero-order chi connectivity index (χ0) is 22.6. The fraction of sp³-hybridized carbons (Fsp3) is 0.240. The molecule has 0 aliphatic carbocycles. The molecule has 3 heterocycles. The van der Waals surface area contributed by atoms with Crippen molar-refractivity contribution in [2.45, 2.75) is 6.54 Å². The van der Waals surface area contributed by atoms with Gasteiger partial charge in [0.05, 0.1) is 29.7 Å². The van der Waals surface area contributed by atoms with Crippen LogP contribution in [0.15, 0.2) is 66.0 Å². The molecule has 1 N–H and O–H groups in total. The monoisotopic (exact) mass is 459 g/mol. The molecule has 4 aromatic rings. The standard InChI is InChI=1S/C25H25N5O2S/c1-32-21-10-5-4-9-20(21)29-12-14-30(15-13-29)24-18-7-2-3-8-19(18)27-23(28-24)17-26-25(31)22-11-6-16-33-22/h2-11,16H,12-15,17H2,1H3,(H,26,31). The van der Waals surface area contributed by atoms with E-state index in [0.717, 1.165) is 54.3 Å². The van der Waals surface area contributed by atoms with Crippen molar-refractivity contribution in [3.05, 3.63) is 76.7 Å². The van der Waals surface area contributed by atoms with Gasteiger partial charge >= 0.3 is 0 Å². The summed E-state index contributed by atoms with van der Waals surface area (Å²) in [5.41, 5.74) is 2.00. The summed E-state index contributed by atoms with van der Waals surface area (Å²) in [6.07, 6.45) is 0. The van der Waals surface area contributed by atoms with Crippen molar-refractivity contribution < 1.29 is 9.53 Å². The van der Waals surface area contributed by atoms with E-state index in [1.807, 2.05) is 53.9 Å². The summed E-state index contributed by atoms with van der Waals surface area (Å²) < 4.78 is 5.55. The van der Waals surface area contributed by atoms with Crippen molar-refractivity contribution in [3.63, 3.8) is 0 Å². The van der Waals surface area contributed by atoms with Crippen LogP contribution in [-0.2, 0) is 6.54 Å². The second-order valence-electron chi connectivity index (χ2n) is 7.79. The van der Waals surface area contributed by atoms with Gasteiger partial charge < -0.3 is 19.9 Å². The Balaban J connectivity index is 1.36. The van der Waals surface area contributed by atoms with Crippen molar-refractivity contribution in [1.82, 2.24) is 15.3 Å². The van der Waals surface area contributed by atoms with E-state index < -0.39 is 0 Å². The molecule has 7 nitrogen and oxygen atoms in total. The van der Waals surface area contributed by atoms with Gasteiger partial charge in [-0.1, -0.05) is 30.3 Å². The van der Waals surface area contributed by atoms with Gasteiger partial charge in [0.1, 0.15) is 11.6 Å². The molecule has 1 aliphatic rings. The number of piperazine rings is 1. The average Bonchev–Trinajstić information content (AvgIpc) is 3.42. The molecule has 33 heavy (non-hydrogen) atoms. The van der Waals surface area contributed by atoms with Crippen LogP contribution < -0.4 is 19.9 Å². The van der Waals surface area contributed by atoms with Crippen LogP contribution in [0.3, 0.4) is 0 Å². The minimum atomic E-state index is -0.103. The number of methoxy groups -OCH3 is 1. The largest absolute Gasteiger partial charge is 0.495 e. The zero-order valence-electron chi connectivity index (χ0n) is 18.4. The number of thiophene rings is 1. The average molecular weight is 460 g/mol. The van der Waals surface area contributed by atoms with Crippen LogP contribution in [0.4, 0.5) is 11.5 Å². The third-order valence-electron chi connectivity index (χ3n) is 5.79. The van der Waals surface area contributed by atoms with Crippen LogP contribution in [0.5, 0.6) is 5.75 Å². The highest BCUT2D eigenvalue weighted by Gasteiger charge is 2.22. The smallest absolute Gasteiger partial charge is 0.261 e. The van der Waals surface area contributed by atoms with E-state index in [1.54, 1.807) is 7.11 Å². The maximum atomic E-state index is 12.4. The van der Waals surface area contributed by atoms with Crippen molar-refractivity contribution in [2.24, 2.45) is 0 Å². The Bertz CT molecular complexity index is 1250. The van der Waals surface area contributed by atoms with Crippen molar-refractivity contribution in [2.75, 3.05) is 43.1 Å². The molecule has 2 aromatic carbocycles. The van der Waals surface area contributed by atoms with Gasteiger partial charge in [0, 0.05) is 31.6 Å². The summed E-state index contributed by atoms with van der Waals surface area (Å²) in [7, 11) is 1.71. The van der Waals surface area contributed by atoms with Crippen molar-refractivity contribution in [3.8, 4) is 5.75 Å². The number of carbonyl (C=O) groups excluding carboxylic acids is 1. The second-order valence-corrected chi connectivity index (χ2v) is 8.73. The lowest BCUT2D eigenvalue weighted by molar-refractivity contribution is 0.0954. The first-order chi connectivity index (χ1) is 16.2. The molecule has 1 saturated heterocycles. The van der Waals surface area contributed by atoms with Gasteiger partial charge in [0.2, 0.25) is 0 Å². The molecule has 2 aromatic heterocycles. The summed E-state index contributed by atoms with van der Waals surface area (Å²) in [4.78, 5) is 27.3. The fourth-order valence-corrected chi connectivity index (χ4v) is 4.77. The minimum Gasteiger partial charge on any atom is -0.495 e. The number of rotatable bonds is 6. The number of nitrogens with zero attached hydrogens (tertiary/aromatic N) is 4.